The molecule has 6 aromatic carbocycles. The van der Waals surface area contributed by atoms with Gasteiger partial charge in [0.05, 0.1) is 0 Å². The Hall–Kier alpha value is -3.29. The van der Waals surface area contributed by atoms with Crippen LogP contribution in [0.4, 0.5) is 0 Å². The Morgan fingerprint density at radius 2 is 0.889 bits per heavy atom. The predicted octanol–water partition coefficient (Wildman–Crippen LogP) is 10.1. The number of hydrogen-bond acceptors (Lipinski definition) is 0. The molecule has 0 radical (unpaired) electrons. The van der Waals surface area contributed by atoms with Gasteiger partial charge in [-0.05, 0) is 11.1 Å². The van der Waals surface area contributed by atoms with E-state index in [0.29, 0.717) is 0 Å². The first-order chi connectivity index (χ1) is 16.7. The second-order valence-electron chi connectivity index (χ2n) is 8.41. The summed E-state index contributed by atoms with van der Waals surface area (Å²) in [6.45, 7) is 11.3. The van der Waals surface area contributed by atoms with Crippen LogP contribution in [0.25, 0.3) is 43.8 Å². The van der Waals surface area contributed by atoms with Crippen molar-refractivity contribution in [3.63, 3.8) is 0 Å². The Kier molecular flexibility index (Phi) is 11.0. The van der Waals surface area contributed by atoms with Gasteiger partial charge in [-0.15, -0.1) is 69.1 Å². The Labute approximate surface area is 235 Å². The van der Waals surface area contributed by atoms with Crippen LogP contribution >= 0.6 is 0 Å². The van der Waals surface area contributed by atoms with Crippen molar-refractivity contribution in [1.29, 1.82) is 0 Å². The fraction of sp³-hybridized carbons (Fsp3) is 0.0571. The van der Waals surface area contributed by atoms with Gasteiger partial charge in [0.15, 0.2) is 0 Å². The van der Waals surface area contributed by atoms with Crippen molar-refractivity contribution in [3.8, 4) is 22.3 Å². The maximum absolute atomic E-state index is 4.25. The molecule has 0 saturated carbocycles. The van der Waals surface area contributed by atoms with Gasteiger partial charge in [-0.25, -0.2) is 0 Å². The largest absolute Gasteiger partial charge is 4.00 e. The summed E-state index contributed by atoms with van der Waals surface area (Å²) in [5, 5.41) is 5.37. The SMILES string of the molecule is Cc1cc2c(-c3ccccc3)cccc2[cH-]1.Cc1cc2c(-c3ccccc3)cccc2[cH-]1.[CH-]=C.[CH3-].[Hf+4]. The minimum absolute atomic E-state index is 0. The summed E-state index contributed by atoms with van der Waals surface area (Å²) in [5.74, 6) is 0. The Morgan fingerprint density at radius 3 is 1.25 bits per heavy atom. The van der Waals surface area contributed by atoms with Gasteiger partial charge in [-0.3, -0.25) is 6.58 Å². The maximum atomic E-state index is 4.25. The van der Waals surface area contributed by atoms with Crippen LogP contribution in [0.2, 0.25) is 0 Å². The molecule has 0 amide bonds. The molecule has 0 unspecified atom stereocenters. The quantitative estimate of drug-likeness (QED) is 0.132. The monoisotopic (exact) mass is 632 g/mol. The molecule has 0 atom stereocenters. The van der Waals surface area contributed by atoms with Crippen LogP contribution in [-0.2, 0) is 25.8 Å². The van der Waals surface area contributed by atoms with Crippen molar-refractivity contribution >= 4 is 21.5 Å². The van der Waals surface area contributed by atoms with E-state index in [0.717, 1.165) is 0 Å². The van der Waals surface area contributed by atoms with Gasteiger partial charge in [0, 0.05) is 0 Å². The molecule has 1 heteroatoms. The molecule has 0 fully saturated rings. The van der Waals surface area contributed by atoms with Crippen molar-refractivity contribution in [1.82, 2.24) is 0 Å². The molecule has 0 aliphatic rings. The summed E-state index contributed by atoms with van der Waals surface area (Å²) in [5.41, 5.74) is 7.89. The number of benzene rings is 4. The van der Waals surface area contributed by atoms with E-state index >= 15 is 0 Å². The molecule has 0 heterocycles. The summed E-state index contributed by atoms with van der Waals surface area (Å²) in [4.78, 5) is 0. The Bertz CT molecular complexity index is 1370. The number of aryl methyl sites for hydroxylation is 2. The fourth-order valence-corrected chi connectivity index (χ4v) is 4.51. The molecule has 0 N–H and O–H groups in total. The second kappa shape index (κ2) is 13.7. The Balaban J connectivity index is 0.000000226. The standard InChI is InChI=1S/2C16H13.C2H3.CH3.Hf/c2*1-12-10-14-8-5-9-15(16(14)11-12)13-6-3-2-4-7-13;1-2;;/h2*2-11H,1H3;1H,2H2;1H3;/q4*-1;+4. The third kappa shape index (κ3) is 6.47. The number of hydrogen-bond donors (Lipinski definition) is 0. The fourth-order valence-electron chi connectivity index (χ4n) is 4.51. The molecule has 36 heavy (non-hydrogen) atoms. The van der Waals surface area contributed by atoms with Gasteiger partial charge in [-0.1, -0.05) is 97.8 Å². The van der Waals surface area contributed by atoms with Gasteiger partial charge in [0.1, 0.15) is 0 Å². The van der Waals surface area contributed by atoms with Gasteiger partial charge in [0.2, 0.25) is 0 Å². The number of fused-ring (bicyclic) bond motifs is 2. The summed E-state index contributed by atoms with van der Waals surface area (Å²) in [7, 11) is 0. The zero-order valence-corrected chi connectivity index (χ0v) is 24.9. The van der Waals surface area contributed by atoms with E-state index in [4.69, 9.17) is 0 Å². The van der Waals surface area contributed by atoms with Gasteiger partial charge < -0.3 is 14.0 Å². The zero-order valence-electron chi connectivity index (χ0n) is 21.3. The third-order valence-electron chi connectivity index (χ3n) is 5.96. The van der Waals surface area contributed by atoms with Crippen LogP contribution in [0.15, 0.2) is 128 Å². The Morgan fingerprint density at radius 1 is 0.528 bits per heavy atom. The summed E-state index contributed by atoms with van der Waals surface area (Å²) in [6.07, 6.45) is 0. The van der Waals surface area contributed by atoms with E-state index in [1.807, 2.05) is 0 Å². The van der Waals surface area contributed by atoms with Crippen LogP contribution in [0.1, 0.15) is 11.1 Å². The van der Waals surface area contributed by atoms with E-state index in [2.05, 4.69) is 148 Å². The van der Waals surface area contributed by atoms with Crippen molar-refractivity contribution < 1.29 is 25.8 Å². The smallest absolute Gasteiger partial charge is 0.521 e. The molecule has 0 saturated heterocycles. The minimum Gasteiger partial charge on any atom is -0.521 e. The normalized spacial score (nSPS) is 9.72. The van der Waals surface area contributed by atoms with E-state index < -0.39 is 0 Å². The minimum atomic E-state index is 0. The van der Waals surface area contributed by atoms with E-state index in [9.17, 15) is 0 Å². The molecule has 6 rings (SSSR count). The van der Waals surface area contributed by atoms with Crippen molar-refractivity contribution in [2.75, 3.05) is 0 Å². The summed E-state index contributed by atoms with van der Waals surface area (Å²) < 4.78 is 0. The van der Waals surface area contributed by atoms with Crippen molar-refractivity contribution in [2.24, 2.45) is 0 Å². The zero-order chi connectivity index (χ0) is 23.9. The van der Waals surface area contributed by atoms with Gasteiger partial charge in [-0.2, -0.15) is 12.1 Å². The van der Waals surface area contributed by atoms with Gasteiger partial charge >= 0.3 is 25.8 Å². The molecule has 6 aromatic rings. The topological polar surface area (TPSA) is 0 Å². The van der Waals surface area contributed by atoms with E-state index in [1.54, 1.807) is 0 Å². The molecule has 0 aliphatic carbocycles. The molecule has 0 aromatic heterocycles. The number of rotatable bonds is 2. The first-order valence-electron chi connectivity index (χ1n) is 11.5. The van der Waals surface area contributed by atoms with Crippen LogP contribution < -0.4 is 0 Å². The molecular weight excluding hydrogens is 599 g/mol. The molecule has 0 aliphatic heterocycles. The molecule has 176 valence electrons. The van der Waals surface area contributed by atoms with Crippen LogP contribution in [-0.4, -0.2) is 0 Å². The van der Waals surface area contributed by atoms with E-state index in [1.165, 1.54) is 54.9 Å². The first-order valence-corrected chi connectivity index (χ1v) is 11.5. The average molecular weight is 631 g/mol. The summed E-state index contributed by atoms with van der Waals surface area (Å²) >= 11 is 0. The third-order valence-corrected chi connectivity index (χ3v) is 5.96. The second-order valence-corrected chi connectivity index (χ2v) is 8.41. The average Bonchev–Trinajstić information content (AvgIpc) is 3.47. The van der Waals surface area contributed by atoms with Crippen LogP contribution in [0.3, 0.4) is 0 Å². The maximum Gasteiger partial charge on any atom is 4.00 e. The van der Waals surface area contributed by atoms with Gasteiger partial charge in [0.25, 0.3) is 0 Å². The molecule has 0 spiro atoms. The van der Waals surface area contributed by atoms with E-state index in [-0.39, 0.29) is 33.3 Å². The summed E-state index contributed by atoms with van der Waals surface area (Å²) in [6, 6.07) is 43.1. The van der Waals surface area contributed by atoms with Crippen LogP contribution in [0, 0.1) is 27.9 Å². The predicted molar refractivity (Wildman–Crippen MR) is 156 cm³/mol. The van der Waals surface area contributed by atoms with Crippen molar-refractivity contribution in [3.05, 3.63) is 153 Å². The van der Waals surface area contributed by atoms with Crippen molar-refractivity contribution in [2.45, 2.75) is 13.8 Å². The molecular formula is C35H32Hf. The van der Waals surface area contributed by atoms with Crippen LogP contribution in [0.5, 0.6) is 0 Å². The molecule has 0 bridgehead atoms. The molecule has 0 nitrogen and oxygen atoms in total. The first kappa shape index (κ1) is 28.9.